The summed E-state index contributed by atoms with van der Waals surface area (Å²) in [7, 11) is 2.27. The molecule has 0 heterocycles. The number of hydrogen-bond acceptors (Lipinski definition) is 2. The van der Waals surface area contributed by atoms with Gasteiger partial charge in [-0.1, -0.05) is 31.0 Å². The second-order valence-electron chi connectivity index (χ2n) is 5.95. The van der Waals surface area contributed by atoms with E-state index < -0.39 is 0 Å². The first-order valence-electron chi connectivity index (χ1n) is 7.64. The fraction of sp³-hybridized carbons (Fsp3) is 0.647. The van der Waals surface area contributed by atoms with Crippen molar-refractivity contribution < 1.29 is 0 Å². The van der Waals surface area contributed by atoms with E-state index in [1.54, 1.807) is 0 Å². The van der Waals surface area contributed by atoms with E-state index in [9.17, 15) is 0 Å². The fourth-order valence-electron chi connectivity index (χ4n) is 3.01. The van der Waals surface area contributed by atoms with Crippen LogP contribution in [0.5, 0.6) is 0 Å². The maximum Gasteiger partial charge on any atom is 0.0208 e. The largest absolute Gasteiger partial charge is 0.311 e. The third-order valence-electron chi connectivity index (χ3n) is 4.62. The van der Waals surface area contributed by atoms with Gasteiger partial charge in [-0.3, -0.25) is 0 Å². The minimum atomic E-state index is 0.836. The van der Waals surface area contributed by atoms with Crippen molar-refractivity contribution in [1.82, 2.24) is 10.2 Å². The molecule has 1 aromatic carbocycles. The molecule has 1 fully saturated rings. The van der Waals surface area contributed by atoms with Gasteiger partial charge in [-0.2, -0.15) is 0 Å². The molecule has 1 saturated carbocycles. The maximum absolute atomic E-state index is 3.58. The first-order valence-corrected chi connectivity index (χ1v) is 7.64. The van der Waals surface area contributed by atoms with Crippen molar-refractivity contribution in [2.75, 3.05) is 20.1 Å². The molecule has 2 nitrogen and oxygen atoms in total. The molecule has 0 bridgehead atoms. The van der Waals surface area contributed by atoms with Crippen LogP contribution < -0.4 is 5.32 Å². The second-order valence-corrected chi connectivity index (χ2v) is 5.95. The second kappa shape index (κ2) is 7.06. The average molecular weight is 260 g/mol. The van der Waals surface area contributed by atoms with Crippen LogP contribution in [0.2, 0.25) is 0 Å². The number of aryl methyl sites for hydroxylation is 1. The van der Waals surface area contributed by atoms with Crippen LogP contribution in [-0.2, 0) is 6.54 Å². The summed E-state index contributed by atoms with van der Waals surface area (Å²) in [5.74, 6) is 0. The zero-order valence-corrected chi connectivity index (χ0v) is 12.7. The Kier molecular flexibility index (Phi) is 5.41. The van der Waals surface area contributed by atoms with Crippen molar-refractivity contribution in [3.8, 4) is 0 Å². The van der Waals surface area contributed by atoms with Gasteiger partial charge < -0.3 is 10.2 Å². The number of likely N-dealkylation sites (N-methyl/N-ethyl adjacent to an activating group) is 1. The van der Waals surface area contributed by atoms with E-state index in [-0.39, 0.29) is 0 Å². The molecule has 1 aliphatic rings. The molecule has 0 amide bonds. The van der Waals surface area contributed by atoms with Gasteiger partial charge in [0.15, 0.2) is 0 Å². The van der Waals surface area contributed by atoms with Crippen molar-refractivity contribution in [3.05, 3.63) is 34.9 Å². The highest BCUT2D eigenvalue weighted by molar-refractivity contribution is 5.32. The molecule has 0 radical (unpaired) electrons. The van der Waals surface area contributed by atoms with Crippen LogP contribution in [0.3, 0.4) is 0 Å². The molecule has 1 aromatic rings. The van der Waals surface area contributed by atoms with Gasteiger partial charge >= 0.3 is 0 Å². The summed E-state index contributed by atoms with van der Waals surface area (Å²) in [6.07, 6.45) is 5.64. The van der Waals surface area contributed by atoms with Gasteiger partial charge in [-0.15, -0.1) is 0 Å². The minimum absolute atomic E-state index is 0.836. The topological polar surface area (TPSA) is 15.3 Å². The van der Waals surface area contributed by atoms with Crippen LogP contribution in [-0.4, -0.2) is 31.1 Å². The summed E-state index contributed by atoms with van der Waals surface area (Å²) in [4.78, 5) is 2.53. The summed E-state index contributed by atoms with van der Waals surface area (Å²) < 4.78 is 0. The maximum atomic E-state index is 3.58. The number of nitrogens with zero attached hydrogens (tertiary/aromatic N) is 1. The Morgan fingerprint density at radius 1 is 1.21 bits per heavy atom. The number of rotatable bonds is 6. The molecule has 0 aromatic heterocycles. The lowest BCUT2D eigenvalue weighted by molar-refractivity contribution is 0.245. The van der Waals surface area contributed by atoms with Gasteiger partial charge in [0, 0.05) is 25.7 Å². The molecule has 0 atom stereocenters. The SMILES string of the molecule is Cc1cccc(CNCCN(C)C2CCCC2)c1C. The third kappa shape index (κ3) is 4.05. The van der Waals surface area contributed by atoms with Crippen LogP contribution in [0.25, 0.3) is 0 Å². The molecule has 106 valence electrons. The monoisotopic (exact) mass is 260 g/mol. The summed E-state index contributed by atoms with van der Waals surface area (Å²) in [6, 6.07) is 7.41. The molecule has 2 rings (SSSR count). The van der Waals surface area contributed by atoms with Gasteiger partial charge in [-0.05, 0) is 50.4 Å². The van der Waals surface area contributed by atoms with E-state index in [0.717, 1.165) is 25.7 Å². The lowest BCUT2D eigenvalue weighted by Gasteiger charge is -2.24. The number of hydrogen-bond donors (Lipinski definition) is 1. The van der Waals surface area contributed by atoms with E-state index in [1.165, 1.54) is 42.4 Å². The van der Waals surface area contributed by atoms with Crippen LogP contribution in [0.1, 0.15) is 42.4 Å². The zero-order valence-electron chi connectivity index (χ0n) is 12.7. The number of nitrogens with one attached hydrogen (secondary N) is 1. The third-order valence-corrected chi connectivity index (χ3v) is 4.62. The van der Waals surface area contributed by atoms with E-state index in [1.807, 2.05) is 0 Å². The Labute approximate surface area is 118 Å². The van der Waals surface area contributed by atoms with E-state index in [4.69, 9.17) is 0 Å². The van der Waals surface area contributed by atoms with Gasteiger partial charge in [0.1, 0.15) is 0 Å². The molecular formula is C17H28N2. The molecule has 0 unspecified atom stereocenters. The highest BCUT2D eigenvalue weighted by Crippen LogP contribution is 2.21. The van der Waals surface area contributed by atoms with E-state index >= 15 is 0 Å². The van der Waals surface area contributed by atoms with Gasteiger partial charge in [-0.25, -0.2) is 0 Å². The van der Waals surface area contributed by atoms with Crippen LogP contribution in [0, 0.1) is 13.8 Å². The summed E-state index contributed by atoms with van der Waals surface area (Å²) in [6.45, 7) is 7.64. The van der Waals surface area contributed by atoms with Crippen molar-refractivity contribution in [2.45, 2.75) is 52.1 Å². The molecule has 1 aliphatic carbocycles. The zero-order chi connectivity index (χ0) is 13.7. The van der Waals surface area contributed by atoms with Crippen molar-refractivity contribution in [3.63, 3.8) is 0 Å². The van der Waals surface area contributed by atoms with E-state index in [0.29, 0.717) is 0 Å². The Hall–Kier alpha value is -0.860. The summed E-state index contributed by atoms with van der Waals surface area (Å²) in [5, 5.41) is 3.58. The fourth-order valence-corrected chi connectivity index (χ4v) is 3.01. The molecule has 19 heavy (non-hydrogen) atoms. The minimum Gasteiger partial charge on any atom is -0.311 e. The first kappa shape index (κ1) is 14.5. The molecule has 0 spiro atoms. The quantitative estimate of drug-likeness (QED) is 0.790. The predicted molar refractivity (Wildman–Crippen MR) is 82.5 cm³/mol. The highest BCUT2D eigenvalue weighted by Gasteiger charge is 2.18. The summed E-state index contributed by atoms with van der Waals surface area (Å²) in [5.41, 5.74) is 4.25. The highest BCUT2D eigenvalue weighted by atomic mass is 15.1. The molecule has 0 saturated heterocycles. The van der Waals surface area contributed by atoms with Crippen molar-refractivity contribution >= 4 is 0 Å². The first-order chi connectivity index (χ1) is 9.18. The average Bonchev–Trinajstić information content (AvgIpc) is 2.93. The van der Waals surface area contributed by atoms with E-state index in [2.05, 4.69) is 49.3 Å². The Bertz CT molecular complexity index is 394. The predicted octanol–water partition coefficient (Wildman–Crippen LogP) is 3.27. The Morgan fingerprint density at radius 2 is 1.95 bits per heavy atom. The molecular weight excluding hydrogens is 232 g/mol. The molecule has 0 aliphatic heterocycles. The van der Waals surface area contributed by atoms with Gasteiger partial charge in [0.25, 0.3) is 0 Å². The molecule has 1 N–H and O–H groups in total. The number of benzene rings is 1. The Balaban J connectivity index is 1.70. The standard InChI is InChI=1S/C17H28N2/c1-14-7-6-8-16(15(14)2)13-18-11-12-19(3)17-9-4-5-10-17/h6-8,17-18H,4-5,9-13H2,1-3H3. The normalized spacial score (nSPS) is 16.4. The van der Waals surface area contributed by atoms with Crippen molar-refractivity contribution in [1.29, 1.82) is 0 Å². The smallest absolute Gasteiger partial charge is 0.0208 e. The Morgan fingerprint density at radius 3 is 2.68 bits per heavy atom. The lowest BCUT2D eigenvalue weighted by atomic mass is 10.0. The lowest BCUT2D eigenvalue weighted by Crippen LogP contribution is -2.35. The molecule has 2 heteroatoms. The van der Waals surface area contributed by atoms with Crippen LogP contribution in [0.15, 0.2) is 18.2 Å². The van der Waals surface area contributed by atoms with Gasteiger partial charge in [0.05, 0.1) is 0 Å². The summed E-state index contributed by atoms with van der Waals surface area (Å²) >= 11 is 0. The van der Waals surface area contributed by atoms with Crippen molar-refractivity contribution in [2.24, 2.45) is 0 Å². The van der Waals surface area contributed by atoms with Gasteiger partial charge in [0.2, 0.25) is 0 Å². The van der Waals surface area contributed by atoms with Crippen LogP contribution in [0.4, 0.5) is 0 Å². The van der Waals surface area contributed by atoms with Crippen LogP contribution >= 0.6 is 0 Å².